The second-order valence-electron chi connectivity index (χ2n) is 7.19. The Kier molecular flexibility index (Phi) is 3.83. The summed E-state index contributed by atoms with van der Waals surface area (Å²) < 4.78 is 6.17. The molecule has 0 spiro atoms. The number of rotatable bonds is 2. The van der Waals surface area contributed by atoms with Gasteiger partial charge in [0.05, 0.1) is 0 Å². The first-order valence-electron chi connectivity index (χ1n) is 9.72. The van der Waals surface area contributed by atoms with Crippen molar-refractivity contribution < 1.29 is 4.42 Å². The number of benzene rings is 4. The highest BCUT2D eigenvalue weighted by Gasteiger charge is 2.19. The van der Waals surface area contributed by atoms with Crippen LogP contribution in [-0.2, 0) is 0 Å². The number of halogens is 1. The standard InChI is InChI=1S/C26H15ClN2O/c27-26-28-23(25-24(29-26)21-12-6-7-13-22(21)30-25)20-15-14-17(16-8-2-1-3-9-16)18-10-4-5-11-19(18)20/h1-15H. The Morgan fingerprint density at radius 1 is 0.600 bits per heavy atom. The van der Waals surface area contributed by atoms with Gasteiger partial charge in [-0.3, -0.25) is 0 Å². The largest absolute Gasteiger partial charge is 0.452 e. The average Bonchev–Trinajstić information content (AvgIpc) is 3.17. The van der Waals surface area contributed by atoms with Crippen molar-refractivity contribution in [1.82, 2.24) is 9.97 Å². The van der Waals surface area contributed by atoms with Crippen LogP contribution >= 0.6 is 11.6 Å². The van der Waals surface area contributed by atoms with Gasteiger partial charge in [-0.25, -0.2) is 9.97 Å². The van der Waals surface area contributed by atoms with E-state index in [1.165, 1.54) is 11.1 Å². The van der Waals surface area contributed by atoms with Gasteiger partial charge >= 0.3 is 0 Å². The number of nitrogens with zero attached hydrogens (tertiary/aromatic N) is 2. The summed E-state index contributed by atoms with van der Waals surface area (Å²) in [4.78, 5) is 9.04. The van der Waals surface area contributed by atoms with Crippen molar-refractivity contribution in [2.45, 2.75) is 0 Å². The molecule has 0 aliphatic carbocycles. The molecule has 0 saturated heterocycles. The maximum atomic E-state index is 6.35. The van der Waals surface area contributed by atoms with Crippen LogP contribution in [0, 0.1) is 0 Å². The van der Waals surface area contributed by atoms with Gasteiger partial charge in [-0.1, -0.05) is 78.9 Å². The summed E-state index contributed by atoms with van der Waals surface area (Å²) in [7, 11) is 0. The molecule has 0 radical (unpaired) electrons. The van der Waals surface area contributed by atoms with Crippen LogP contribution in [-0.4, -0.2) is 9.97 Å². The fourth-order valence-corrected chi connectivity index (χ4v) is 4.29. The van der Waals surface area contributed by atoms with E-state index in [0.29, 0.717) is 11.3 Å². The van der Waals surface area contributed by atoms with Crippen LogP contribution in [0.1, 0.15) is 0 Å². The molecule has 2 aromatic heterocycles. The summed E-state index contributed by atoms with van der Waals surface area (Å²) in [6, 6.07) is 30.8. The van der Waals surface area contributed by atoms with Crippen LogP contribution in [0.25, 0.3) is 55.2 Å². The SMILES string of the molecule is Clc1nc(-c2ccc(-c3ccccc3)c3ccccc23)c2oc3ccccc3c2n1. The Labute approximate surface area is 177 Å². The molecule has 4 aromatic carbocycles. The van der Waals surface area contributed by atoms with Crippen LogP contribution in [0.15, 0.2) is 95.4 Å². The fourth-order valence-electron chi connectivity index (χ4n) is 4.12. The quantitative estimate of drug-likeness (QED) is 0.279. The van der Waals surface area contributed by atoms with E-state index in [4.69, 9.17) is 16.0 Å². The molecule has 0 amide bonds. The first-order valence-corrected chi connectivity index (χ1v) is 10.1. The minimum absolute atomic E-state index is 0.209. The monoisotopic (exact) mass is 406 g/mol. The van der Waals surface area contributed by atoms with Crippen molar-refractivity contribution in [3.63, 3.8) is 0 Å². The fraction of sp³-hybridized carbons (Fsp3) is 0. The molecular formula is C26H15ClN2O. The van der Waals surface area contributed by atoms with Crippen LogP contribution in [0.4, 0.5) is 0 Å². The Balaban J connectivity index is 1.70. The molecule has 0 fully saturated rings. The van der Waals surface area contributed by atoms with Gasteiger partial charge in [0.25, 0.3) is 0 Å². The predicted octanol–water partition coefficient (Wildman–Crippen LogP) is 7.52. The third kappa shape index (κ3) is 2.60. The molecule has 0 bridgehead atoms. The summed E-state index contributed by atoms with van der Waals surface area (Å²) in [6.07, 6.45) is 0. The molecule has 0 N–H and O–H groups in total. The molecule has 4 heteroatoms. The Hall–Kier alpha value is -3.69. The lowest BCUT2D eigenvalue weighted by Crippen LogP contribution is -1.91. The van der Waals surface area contributed by atoms with E-state index in [2.05, 4.69) is 64.6 Å². The molecule has 0 aliphatic rings. The smallest absolute Gasteiger partial charge is 0.223 e. The average molecular weight is 407 g/mol. The molecule has 3 nitrogen and oxygen atoms in total. The highest BCUT2D eigenvalue weighted by molar-refractivity contribution is 6.29. The maximum absolute atomic E-state index is 6.35. The van der Waals surface area contributed by atoms with E-state index in [9.17, 15) is 0 Å². The van der Waals surface area contributed by atoms with Crippen molar-refractivity contribution in [3.8, 4) is 22.4 Å². The van der Waals surface area contributed by atoms with Gasteiger partial charge in [0.15, 0.2) is 5.58 Å². The van der Waals surface area contributed by atoms with E-state index in [0.717, 1.165) is 32.8 Å². The lowest BCUT2D eigenvalue weighted by Gasteiger charge is -2.12. The number of aromatic nitrogens is 2. The van der Waals surface area contributed by atoms with Crippen LogP contribution in [0.3, 0.4) is 0 Å². The lowest BCUT2D eigenvalue weighted by molar-refractivity contribution is 0.667. The molecule has 6 rings (SSSR count). The molecule has 2 heterocycles. The molecule has 30 heavy (non-hydrogen) atoms. The number of fused-ring (bicyclic) bond motifs is 4. The number of hydrogen-bond donors (Lipinski definition) is 0. The summed E-state index contributed by atoms with van der Waals surface area (Å²) >= 11 is 6.35. The van der Waals surface area contributed by atoms with Crippen LogP contribution in [0.2, 0.25) is 5.28 Å². The van der Waals surface area contributed by atoms with E-state index in [1.54, 1.807) is 0 Å². The first-order chi connectivity index (χ1) is 14.8. The van der Waals surface area contributed by atoms with Gasteiger partial charge in [-0.2, -0.15) is 0 Å². The van der Waals surface area contributed by atoms with Gasteiger partial charge < -0.3 is 4.42 Å². The first kappa shape index (κ1) is 17.2. The predicted molar refractivity (Wildman–Crippen MR) is 123 cm³/mol. The van der Waals surface area contributed by atoms with Gasteiger partial charge in [0.1, 0.15) is 16.8 Å². The normalized spacial score (nSPS) is 11.5. The third-order valence-corrected chi connectivity index (χ3v) is 5.63. The van der Waals surface area contributed by atoms with E-state index in [1.807, 2.05) is 36.4 Å². The minimum atomic E-state index is 0.209. The van der Waals surface area contributed by atoms with Crippen molar-refractivity contribution in [3.05, 3.63) is 96.3 Å². The second kappa shape index (κ2) is 6.68. The number of para-hydroxylation sites is 1. The summed E-state index contributed by atoms with van der Waals surface area (Å²) in [5.74, 6) is 0. The zero-order valence-corrected chi connectivity index (χ0v) is 16.6. The minimum Gasteiger partial charge on any atom is -0.452 e. The van der Waals surface area contributed by atoms with Gasteiger partial charge in [-0.05, 0) is 45.6 Å². The topological polar surface area (TPSA) is 38.9 Å². The molecule has 6 aromatic rings. The number of hydrogen-bond acceptors (Lipinski definition) is 3. The zero-order chi connectivity index (χ0) is 20.1. The van der Waals surface area contributed by atoms with Gasteiger partial charge in [0, 0.05) is 10.9 Å². The van der Waals surface area contributed by atoms with E-state index >= 15 is 0 Å². The Morgan fingerprint density at radius 2 is 1.23 bits per heavy atom. The van der Waals surface area contributed by atoms with Crippen molar-refractivity contribution in [1.29, 1.82) is 0 Å². The highest BCUT2D eigenvalue weighted by atomic mass is 35.5. The highest BCUT2D eigenvalue weighted by Crippen LogP contribution is 2.39. The molecule has 0 unspecified atom stereocenters. The zero-order valence-electron chi connectivity index (χ0n) is 15.8. The van der Waals surface area contributed by atoms with Crippen LogP contribution in [0.5, 0.6) is 0 Å². The second-order valence-corrected chi connectivity index (χ2v) is 7.53. The molecule has 0 aliphatic heterocycles. The lowest BCUT2D eigenvalue weighted by atomic mass is 9.93. The molecule has 142 valence electrons. The van der Waals surface area contributed by atoms with Crippen LogP contribution < -0.4 is 0 Å². The summed E-state index contributed by atoms with van der Waals surface area (Å²) in [5, 5.41) is 3.39. The number of furan rings is 1. The van der Waals surface area contributed by atoms with Crippen molar-refractivity contribution >= 4 is 44.4 Å². The van der Waals surface area contributed by atoms with Gasteiger partial charge in [-0.15, -0.1) is 0 Å². The van der Waals surface area contributed by atoms with Gasteiger partial charge in [0.2, 0.25) is 5.28 Å². The molecular weight excluding hydrogens is 392 g/mol. The Morgan fingerprint density at radius 3 is 2.03 bits per heavy atom. The maximum Gasteiger partial charge on any atom is 0.223 e. The molecule has 0 saturated carbocycles. The Bertz CT molecular complexity index is 1550. The van der Waals surface area contributed by atoms with E-state index in [-0.39, 0.29) is 5.28 Å². The van der Waals surface area contributed by atoms with E-state index < -0.39 is 0 Å². The van der Waals surface area contributed by atoms with Crippen molar-refractivity contribution in [2.24, 2.45) is 0 Å². The summed E-state index contributed by atoms with van der Waals surface area (Å²) in [6.45, 7) is 0. The molecule has 0 atom stereocenters. The third-order valence-electron chi connectivity index (χ3n) is 5.46. The van der Waals surface area contributed by atoms with Crippen molar-refractivity contribution in [2.75, 3.05) is 0 Å². The summed E-state index contributed by atoms with van der Waals surface area (Å²) in [5.41, 5.74) is 6.19.